The summed E-state index contributed by atoms with van der Waals surface area (Å²) in [5.74, 6) is 0. The third-order valence-electron chi connectivity index (χ3n) is 1.92. The number of hydrogen-bond acceptors (Lipinski definition) is 0. The van der Waals surface area contributed by atoms with E-state index in [0.29, 0.717) is 3.42 Å². The summed E-state index contributed by atoms with van der Waals surface area (Å²) in [6.07, 6.45) is 2.69. The van der Waals surface area contributed by atoms with Crippen molar-refractivity contribution in [3.8, 4) is 0 Å². The zero-order valence-electron chi connectivity index (χ0n) is 5.60. The highest BCUT2D eigenvalue weighted by molar-refractivity contribution is 14.1. The van der Waals surface area contributed by atoms with Gasteiger partial charge in [-0.2, -0.15) is 0 Å². The van der Waals surface area contributed by atoms with Crippen molar-refractivity contribution in [2.75, 3.05) is 0 Å². The number of rotatable bonds is 1. The van der Waals surface area contributed by atoms with Crippen LogP contribution in [0.1, 0.15) is 18.4 Å². The zero-order chi connectivity index (χ0) is 7.03. The second kappa shape index (κ2) is 2.22. The minimum absolute atomic E-state index is 0.493. The van der Waals surface area contributed by atoms with E-state index in [9.17, 15) is 0 Å². The summed E-state index contributed by atoms with van der Waals surface area (Å²) in [5.41, 5.74) is 1.46. The molecule has 10 heavy (non-hydrogen) atoms. The van der Waals surface area contributed by atoms with Crippen LogP contribution in [0.25, 0.3) is 0 Å². The van der Waals surface area contributed by atoms with Crippen LogP contribution in [-0.4, -0.2) is 0 Å². The Hall–Kier alpha value is -0.0500. The highest BCUT2D eigenvalue weighted by atomic mass is 127. The molecule has 1 fully saturated rings. The summed E-state index contributed by atoms with van der Waals surface area (Å²) in [6, 6.07) is 11.3. The highest BCUT2D eigenvalue weighted by Crippen LogP contribution is 2.53. The normalized spacial score (nSPS) is 20.5. The van der Waals surface area contributed by atoms with E-state index in [1.807, 2.05) is 12.1 Å². The fraction of sp³-hybridized carbons (Fsp3) is 0.333. The Balaban J connectivity index is 2.35. The molecule has 0 heterocycles. The van der Waals surface area contributed by atoms with Crippen LogP contribution in [0.3, 0.4) is 0 Å². The molecule has 2 rings (SSSR count). The van der Waals surface area contributed by atoms with Crippen LogP contribution in [0.15, 0.2) is 24.3 Å². The van der Waals surface area contributed by atoms with Crippen molar-refractivity contribution in [3.63, 3.8) is 0 Å². The summed E-state index contributed by atoms with van der Waals surface area (Å²) in [7, 11) is 0. The monoisotopic (exact) mass is 243 g/mol. The van der Waals surface area contributed by atoms with Gasteiger partial charge < -0.3 is 0 Å². The zero-order valence-corrected chi connectivity index (χ0v) is 7.76. The average Bonchev–Trinajstić information content (AvgIpc) is 2.72. The van der Waals surface area contributed by atoms with Gasteiger partial charge in [0.05, 0.1) is 0 Å². The first-order chi connectivity index (χ1) is 4.81. The quantitative estimate of drug-likeness (QED) is 0.525. The fourth-order valence-corrected chi connectivity index (χ4v) is 1.71. The van der Waals surface area contributed by atoms with Gasteiger partial charge in [0.15, 0.2) is 0 Å². The van der Waals surface area contributed by atoms with Crippen LogP contribution in [0, 0.1) is 6.07 Å². The molecule has 1 radical (unpaired) electrons. The first-order valence-corrected chi connectivity index (χ1v) is 4.55. The minimum atomic E-state index is 0.493. The Labute approximate surface area is 74.8 Å². The van der Waals surface area contributed by atoms with E-state index in [0.717, 1.165) is 0 Å². The van der Waals surface area contributed by atoms with E-state index in [1.54, 1.807) is 0 Å². The predicted molar refractivity (Wildman–Crippen MR) is 50.2 cm³/mol. The van der Waals surface area contributed by atoms with Gasteiger partial charge in [-0.3, -0.25) is 0 Å². The third-order valence-corrected chi connectivity index (χ3v) is 3.63. The lowest BCUT2D eigenvalue weighted by Crippen LogP contribution is -1.92. The Morgan fingerprint density at radius 2 is 1.90 bits per heavy atom. The van der Waals surface area contributed by atoms with Gasteiger partial charge in [-0.15, -0.1) is 0 Å². The van der Waals surface area contributed by atoms with E-state index in [4.69, 9.17) is 0 Å². The Bertz CT molecular complexity index is 224. The van der Waals surface area contributed by atoms with Gasteiger partial charge in [0.25, 0.3) is 0 Å². The molecule has 1 heteroatoms. The van der Waals surface area contributed by atoms with Gasteiger partial charge in [0.1, 0.15) is 0 Å². The lowest BCUT2D eigenvalue weighted by molar-refractivity contribution is 1.09. The van der Waals surface area contributed by atoms with Gasteiger partial charge in [-0.25, -0.2) is 0 Å². The maximum atomic E-state index is 3.03. The Morgan fingerprint density at radius 3 is 2.40 bits per heavy atom. The molecule has 0 atom stereocenters. The molecule has 0 aromatic heterocycles. The molecule has 1 aliphatic carbocycles. The van der Waals surface area contributed by atoms with Gasteiger partial charge >= 0.3 is 0 Å². The predicted octanol–water partition coefficient (Wildman–Crippen LogP) is 2.91. The van der Waals surface area contributed by atoms with E-state index in [1.165, 1.54) is 18.4 Å². The van der Waals surface area contributed by atoms with Crippen molar-refractivity contribution in [1.82, 2.24) is 0 Å². The molecule has 0 N–H and O–H groups in total. The molecule has 0 bridgehead atoms. The van der Waals surface area contributed by atoms with Gasteiger partial charge in [-0.1, -0.05) is 46.9 Å². The maximum Gasteiger partial charge on any atom is 0.0471 e. The Kier molecular flexibility index (Phi) is 1.48. The van der Waals surface area contributed by atoms with Gasteiger partial charge in [0, 0.05) is 3.42 Å². The second-order valence-corrected chi connectivity index (χ2v) is 4.82. The molecule has 0 spiro atoms. The Morgan fingerprint density at radius 1 is 1.30 bits per heavy atom. The number of hydrogen-bond donors (Lipinski definition) is 0. The fourth-order valence-electron chi connectivity index (χ4n) is 1.08. The van der Waals surface area contributed by atoms with E-state index in [2.05, 4.69) is 40.8 Å². The second-order valence-electron chi connectivity index (χ2n) is 2.75. The van der Waals surface area contributed by atoms with E-state index >= 15 is 0 Å². The maximum absolute atomic E-state index is 3.03. The molecule has 1 aromatic carbocycles. The largest absolute Gasteiger partial charge is 0.0737 e. The summed E-state index contributed by atoms with van der Waals surface area (Å²) in [5, 5.41) is 0. The number of benzene rings is 1. The van der Waals surface area contributed by atoms with E-state index < -0.39 is 0 Å². The number of halogens is 1. The summed E-state index contributed by atoms with van der Waals surface area (Å²) >= 11 is 2.54. The van der Waals surface area contributed by atoms with Crippen LogP contribution in [0.5, 0.6) is 0 Å². The highest BCUT2D eigenvalue weighted by Gasteiger charge is 2.40. The molecule has 1 saturated carbocycles. The molecule has 51 valence electrons. The smallest absolute Gasteiger partial charge is 0.0471 e. The van der Waals surface area contributed by atoms with Crippen molar-refractivity contribution in [1.29, 1.82) is 0 Å². The molecular weight excluding hydrogens is 235 g/mol. The van der Waals surface area contributed by atoms with Crippen LogP contribution >= 0.6 is 22.6 Å². The molecular formula is C9H8I. The third kappa shape index (κ3) is 1.07. The van der Waals surface area contributed by atoms with Crippen LogP contribution < -0.4 is 0 Å². The van der Waals surface area contributed by atoms with Gasteiger partial charge in [-0.05, 0) is 24.5 Å². The van der Waals surface area contributed by atoms with Crippen molar-refractivity contribution < 1.29 is 0 Å². The molecule has 0 aliphatic heterocycles. The molecule has 0 unspecified atom stereocenters. The molecule has 1 aliphatic rings. The molecule has 1 aromatic rings. The summed E-state index contributed by atoms with van der Waals surface area (Å²) in [4.78, 5) is 0. The standard InChI is InChI=1S/C9H8I/c10-9(6-7-9)8-4-2-1-3-5-8/h2-5H,6-7H2. The summed E-state index contributed by atoms with van der Waals surface area (Å²) < 4.78 is 0.493. The number of alkyl halides is 1. The minimum Gasteiger partial charge on any atom is -0.0737 e. The van der Waals surface area contributed by atoms with Crippen molar-refractivity contribution in [3.05, 3.63) is 35.9 Å². The first-order valence-electron chi connectivity index (χ1n) is 3.47. The van der Waals surface area contributed by atoms with Gasteiger partial charge in [0.2, 0.25) is 0 Å². The van der Waals surface area contributed by atoms with E-state index in [-0.39, 0.29) is 0 Å². The van der Waals surface area contributed by atoms with Crippen molar-refractivity contribution in [2.45, 2.75) is 16.3 Å². The molecule has 0 nitrogen and oxygen atoms in total. The first kappa shape index (κ1) is 6.65. The molecule has 0 saturated heterocycles. The summed E-state index contributed by atoms with van der Waals surface area (Å²) in [6.45, 7) is 0. The van der Waals surface area contributed by atoms with Crippen molar-refractivity contribution in [2.24, 2.45) is 0 Å². The van der Waals surface area contributed by atoms with Crippen LogP contribution in [0.2, 0.25) is 0 Å². The lowest BCUT2D eigenvalue weighted by Gasteiger charge is -2.04. The lowest BCUT2D eigenvalue weighted by atomic mass is 10.1. The molecule has 0 amide bonds. The SMILES string of the molecule is IC1(c2cc[c]cc2)CC1. The topological polar surface area (TPSA) is 0 Å². The van der Waals surface area contributed by atoms with Crippen molar-refractivity contribution >= 4 is 22.6 Å². The van der Waals surface area contributed by atoms with Crippen LogP contribution in [-0.2, 0) is 3.42 Å². The average molecular weight is 243 g/mol. The van der Waals surface area contributed by atoms with Crippen LogP contribution in [0.4, 0.5) is 0 Å².